The van der Waals surface area contributed by atoms with Gasteiger partial charge in [0.05, 0.1) is 0 Å². The van der Waals surface area contributed by atoms with E-state index in [0.29, 0.717) is 19.3 Å². The van der Waals surface area contributed by atoms with Gasteiger partial charge in [0.25, 0.3) is 0 Å². The van der Waals surface area contributed by atoms with E-state index >= 15 is 0 Å². The standard InChI is InChI=1S/C76H124O6/c1-4-7-10-13-16-19-22-25-27-29-31-33-35-36-37-38-39-40-42-43-45-47-49-51-54-57-60-63-66-69-75(78)81-72-73(71-80-74(77)68-65-62-59-56-53-24-21-18-15-12-9-6-3)82-76(79)70-67-64-61-58-55-52-50-48-46-44-41-34-32-30-28-26-23-20-17-14-11-8-5-2/h7-8,10-11,16-21,25-28,31-34,44,46,50,52,58,61,73H,4-6,9,12-15,22-24,29-30,35-43,45,47-49,51,53-57,59-60,62-72H2,1-3H3/b10-7-,11-8-,19-16-,20-17-,21-18-,27-25-,28-26-,33-31-,34-32-,46-44-,52-50-,61-58-. The zero-order chi connectivity index (χ0) is 59.2. The van der Waals surface area contributed by atoms with Crippen LogP contribution in [-0.4, -0.2) is 37.2 Å². The Bertz CT molecular complexity index is 1780. The van der Waals surface area contributed by atoms with E-state index in [1.807, 2.05) is 0 Å². The lowest BCUT2D eigenvalue weighted by Gasteiger charge is -2.18. The van der Waals surface area contributed by atoms with Crippen molar-refractivity contribution in [2.75, 3.05) is 13.2 Å². The summed E-state index contributed by atoms with van der Waals surface area (Å²) in [5.41, 5.74) is 0. The molecule has 0 N–H and O–H groups in total. The quantitative estimate of drug-likeness (QED) is 0.0261. The summed E-state index contributed by atoms with van der Waals surface area (Å²) in [5, 5.41) is 0. The van der Waals surface area contributed by atoms with E-state index in [-0.39, 0.29) is 37.5 Å². The van der Waals surface area contributed by atoms with Gasteiger partial charge in [0.1, 0.15) is 13.2 Å². The Balaban J connectivity index is 4.35. The highest BCUT2D eigenvalue weighted by Gasteiger charge is 2.19. The zero-order valence-corrected chi connectivity index (χ0v) is 53.2. The summed E-state index contributed by atoms with van der Waals surface area (Å²) in [6.45, 7) is 6.35. The van der Waals surface area contributed by atoms with Gasteiger partial charge in [0.15, 0.2) is 6.10 Å². The first-order valence-electron chi connectivity index (χ1n) is 33.8. The molecule has 0 rings (SSSR count). The van der Waals surface area contributed by atoms with E-state index < -0.39 is 6.10 Å². The lowest BCUT2D eigenvalue weighted by atomic mass is 10.0. The number of carbonyl (C=O) groups is 3. The van der Waals surface area contributed by atoms with Gasteiger partial charge in [-0.1, -0.05) is 289 Å². The molecule has 0 aromatic carbocycles. The first kappa shape index (κ1) is 77.3. The van der Waals surface area contributed by atoms with Crippen molar-refractivity contribution in [1.29, 1.82) is 0 Å². The predicted molar refractivity (Wildman–Crippen MR) is 357 cm³/mol. The average molecular weight is 1130 g/mol. The van der Waals surface area contributed by atoms with Crippen molar-refractivity contribution in [2.24, 2.45) is 0 Å². The van der Waals surface area contributed by atoms with Crippen LogP contribution < -0.4 is 0 Å². The molecule has 6 nitrogen and oxygen atoms in total. The van der Waals surface area contributed by atoms with Crippen LogP contribution in [0, 0.1) is 0 Å². The Kier molecular flexibility index (Phi) is 64.8. The maximum atomic E-state index is 12.9. The van der Waals surface area contributed by atoms with E-state index in [4.69, 9.17) is 14.2 Å². The van der Waals surface area contributed by atoms with Gasteiger partial charge in [-0.15, -0.1) is 0 Å². The SMILES string of the molecule is CC/C=C\C/C=C\C/C=C\C/C=C\C/C=C\C/C=C\C/C=C\CCCC(=O)OC(COC(=O)CCCCCCC/C=C\CCCCC)COC(=O)CCCCCCCCCCCCCCCCCC/C=C\C/C=C\C/C=C\C/C=C\CC. The predicted octanol–water partition coefficient (Wildman–Crippen LogP) is 23.5. The van der Waals surface area contributed by atoms with Crippen LogP contribution in [0.25, 0.3) is 0 Å². The summed E-state index contributed by atoms with van der Waals surface area (Å²) in [7, 11) is 0. The van der Waals surface area contributed by atoms with Crippen molar-refractivity contribution < 1.29 is 28.6 Å². The Morgan fingerprint density at radius 1 is 0.256 bits per heavy atom. The van der Waals surface area contributed by atoms with Crippen molar-refractivity contribution in [1.82, 2.24) is 0 Å². The molecule has 0 aliphatic heterocycles. The second-order valence-electron chi connectivity index (χ2n) is 22.0. The van der Waals surface area contributed by atoms with Gasteiger partial charge in [-0.2, -0.15) is 0 Å². The number of esters is 3. The number of allylic oxidation sites excluding steroid dienone is 24. The Hall–Kier alpha value is -4.71. The second-order valence-corrected chi connectivity index (χ2v) is 22.0. The van der Waals surface area contributed by atoms with Gasteiger partial charge in [-0.05, 0) is 135 Å². The second kappa shape index (κ2) is 68.8. The summed E-state index contributed by atoms with van der Waals surface area (Å²) in [6, 6.07) is 0. The third-order valence-corrected chi connectivity index (χ3v) is 14.1. The molecule has 0 bridgehead atoms. The normalized spacial score (nSPS) is 13.1. The molecule has 0 saturated carbocycles. The molecular formula is C76H124O6. The summed E-state index contributed by atoms with van der Waals surface area (Å²) in [4.78, 5) is 38.3. The first-order chi connectivity index (χ1) is 40.5. The van der Waals surface area contributed by atoms with Gasteiger partial charge in [0, 0.05) is 19.3 Å². The highest BCUT2D eigenvalue weighted by molar-refractivity contribution is 5.71. The number of ether oxygens (including phenoxy) is 3. The number of rotatable bonds is 60. The van der Waals surface area contributed by atoms with E-state index in [1.165, 1.54) is 122 Å². The Morgan fingerprint density at radius 3 is 0.793 bits per heavy atom. The molecule has 6 heteroatoms. The molecule has 0 aromatic rings. The molecule has 0 saturated heterocycles. The molecule has 0 aromatic heterocycles. The molecule has 0 aliphatic carbocycles. The van der Waals surface area contributed by atoms with Crippen LogP contribution in [0.3, 0.4) is 0 Å². The van der Waals surface area contributed by atoms with Crippen molar-refractivity contribution in [2.45, 2.75) is 303 Å². The lowest BCUT2D eigenvalue weighted by Crippen LogP contribution is -2.30. The summed E-state index contributed by atoms with van der Waals surface area (Å²) in [5.74, 6) is -0.973. The number of carbonyl (C=O) groups excluding carboxylic acids is 3. The van der Waals surface area contributed by atoms with E-state index in [2.05, 4.69) is 167 Å². The van der Waals surface area contributed by atoms with Crippen LogP contribution in [-0.2, 0) is 28.6 Å². The number of unbranched alkanes of at least 4 members (excludes halogenated alkanes) is 25. The van der Waals surface area contributed by atoms with Crippen molar-refractivity contribution in [3.05, 3.63) is 146 Å². The molecule has 0 amide bonds. The van der Waals surface area contributed by atoms with Crippen LogP contribution in [0.4, 0.5) is 0 Å². The monoisotopic (exact) mass is 1130 g/mol. The van der Waals surface area contributed by atoms with Crippen LogP contribution in [0.1, 0.15) is 297 Å². The molecule has 1 unspecified atom stereocenters. The minimum Gasteiger partial charge on any atom is -0.462 e. The Labute approximate surface area is 506 Å². The molecule has 0 fully saturated rings. The smallest absolute Gasteiger partial charge is 0.306 e. The molecule has 0 heterocycles. The maximum Gasteiger partial charge on any atom is 0.306 e. The van der Waals surface area contributed by atoms with Crippen LogP contribution >= 0.6 is 0 Å². The zero-order valence-electron chi connectivity index (χ0n) is 53.2. The molecule has 0 aliphatic rings. The Morgan fingerprint density at radius 2 is 0.488 bits per heavy atom. The van der Waals surface area contributed by atoms with E-state index in [9.17, 15) is 14.4 Å². The van der Waals surface area contributed by atoms with Crippen LogP contribution in [0.15, 0.2) is 146 Å². The molecule has 82 heavy (non-hydrogen) atoms. The van der Waals surface area contributed by atoms with Gasteiger partial charge in [0.2, 0.25) is 0 Å². The molecule has 1 atom stereocenters. The average Bonchev–Trinajstić information content (AvgIpc) is 3.47. The van der Waals surface area contributed by atoms with E-state index in [1.54, 1.807) is 0 Å². The van der Waals surface area contributed by atoms with Crippen molar-refractivity contribution >= 4 is 17.9 Å². The molecule has 464 valence electrons. The van der Waals surface area contributed by atoms with Gasteiger partial charge < -0.3 is 14.2 Å². The van der Waals surface area contributed by atoms with Crippen LogP contribution in [0.5, 0.6) is 0 Å². The minimum absolute atomic E-state index is 0.107. The highest BCUT2D eigenvalue weighted by Crippen LogP contribution is 2.16. The molecule has 0 spiro atoms. The topological polar surface area (TPSA) is 78.9 Å². The number of hydrogen-bond acceptors (Lipinski definition) is 6. The van der Waals surface area contributed by atoms with Crippen molar-refractivity contribution in [3.8, 4) is 0 Å². The largest absolute Gasteiger partial charge is 0.462 e. The fourth-order valence-electron chi connectivity index (χ4n) is 9.07. The first-order valence-corrected chi connectivity index (χ1v) is 33.8. The molecular weight excluding hydrogens is 1010 g/mol. The summed E-state index contributed by atoms with van der Waals surface area (Å²) >= 11 is 0. The fourth-order valence-corrected chi connectivity index (χ4v) is 9.07. The van der Waals surface area contributed by atoms with Gasteiger partial charge in [-0.25, -0.2) is 0 Å². The third-order valence-electron chi connectivity index (χ3n) is 14.1. The highest BCUT2D eigenvalue weighted by atomic mass is 16.6. The lowest BCUT2D eigenvalue weighted by molar-refractivity contribution is -0.167. The maximum absolute atomic E-state index is 12.9. The molecule has 0 radical (unpaired) electrons. The van der Waals surface area contributed by atoms with Gasteiger partial charge >= 0.3 is 17.9 Å². The van der Waals surface area contributed by atoms with Crippen LogP contribution in [0.2, 0.25) is 0 Å². The van der Waals surface area contributed by atoms with E-state index in [0.717, 1.165) is 128 Å². The number of hydrogen-bond donors (Lipinski definition) is 0. The van der Waals surface area contributed by atoms with Crippen molar-refractivity contribution in [3.63, 3.8) is 0 Å². The fraction of sp³-hybridized carbons (Fsp3) is 0.645. The summed E-state index contributed by atoms with van der Waals surface area (Å²) in [6.07, 6.45) is 98.8. The third kappa shape index (κ3) is 66.1. The minimum atomic E-state index is -0.818. The summed E-state index contributed by atoms with van der Waals surface area (Å²) < 4.78 is 16.9. The van der Waals surface area contributed by atoms with Gasteiger partial charge in [-0.3, -0.25) is 14.4 Å².